The summed E-state index contributed by atoms with van der Waals surface area (Å²) in [6, 6.07) is 18.1. The fourth-order valence-electron chi connectivity index (χ4n) is 5.21. The van der Waals surface area contributed by atoms with E-state index in [2.05, 4.69) is 10.6 Å². The van der Waals surface area contributed by atoms with E-state index in [0.717, 1.165) is 39.5 Å². The van der Waals surface area contributed by atoms with Crippen LogP contribution in [0.4, 0.5) is 5.69 Å². The first kappa shape index (κ1) is 18.6. The predicted molar refractivity (Wildman–Crippen MR) is 123 cm³/mol. The summed E-state index contributed by atoms with van der Waals surface area (Å²) in [6.07, 6.45) is 4.65. The molecular weight excluding hydrogens is 400 g/mol. The molecule has 0 fully saturated rings. The second-order valence-electron chi connectivity index (χ2n) is 8.49. The molecule has 1 unspecified atom stereocenters. The van der Waals surface area contributed by atoms with E-state index in [1.807, 2.05) is 66.3 Å². The SMILES string of the molecule is Cn1cc(C2=CC(=O)N(c3c4n(c5ccccc35)CCC(C#N)C4)C2=O)c2ccccc21. The fourth-order valence-corrected chi connectivity index (χ4v) is 5.21. The third kappa shape index (κ3) is 2.45. The first-order valence-electron chi connectivity index (χ1n) is 10.7. The van der Waals surface area contributed by atoms with Gasteiger partial charge in [0, 0.05) is 59.8 Å². The molecule has 0 saturated heterocycles. The maximum absolute atomic E-state index is 13.7. The zero-order valence-electron chi connectivity index (χ0n) is 17.6. The van der Waals surface area contributed by atoms with E-state index in [1.54, 1.807) is 0 Å². The van der Waals surface area contributed by atoms with Crippen LogP contribution in [0.3, 0.4) is 0 Å². The highest BCUT2D eigenvalue weighted by molar-refractivity contribution is 6.45. The molecule has 6 heteroatoms. The standard InChI is InChI=1S/C26H20N4O2/c1-28-15-20(17-6-2-4-8-21(17)28)19-13-24(31)30(26(19)32)25-18-7-3-5-9-22(18)29-11-10-16(14-27)12-23(25)29/h2-9,13,15-16H,10-12H2,1H3. The number of hydrogen-bond donors (Lipinski definition) is 0. The minimum atomic E-state index is -0.337. The topological polar surface area (TPSA) is 71.0 Å². The number of hydrogen-bond acceptors (Lipinski definition) is 3. The molecule has 2 aliphatic heterocycles. The number of amides is 2. The van der Waals surface area contributed by atoms with Gasteiger partial charge in [-0.05, 0) is 18.6 Å². The highest BCUT2D eigenvalue weighted by Crippen LogP contribution is 2.42. The van der Waals surface area contributed by atoms with Crippen molar-refractivity contribution < 1.29 is 9.59 Å². The zero-order chi connectivity index (χ0) is 22.0. The Morgan fingerprint density at radius 3 is 2.50 bits per heavy atom. The minimum Gasteiger partial charge on any atom is -0.350 e. The molecule has 2 aromatic heterocycles. The van der Waals surface area contributed by atoms with Crippen LogP contribution >= 0.6 is 0 Å². The number of imide groups is 1. The summed E-state index contributed by atoms with van der Waals surface area (Å²) in [5.74, 6) is -0.773. The Morgan fingerprint density at radius 1 is 1.00 bits per heavy atom. The normalized spacial score (nSPS) is 18.3. The Morgan fingerprint density at radius 2 is 1.72 bits per heavy atom. The summed E-state index contributed by atoms with van der Waals surface area (Å²) >= 11 is 0. The molecule has 1 atom stereocenters. The van der Waals surface area contributed by atoms with Gasteiger partial charge in [0.25, 0.3) is 11.8 Å². The first-order chi connectivity index (χ1) is 15.6. The summed E-state index contributed by atoms with van der Waals surface area (Å²) in [6.45, 7) is 0.702. The Labute approximate surface area is 184 Å². The number of carbonyl (C=O) groups excluding carboxylic acids is 2. The van der Waals surface area contributed by atoms with E-state index >= 15 is 0 Å². The second kappa shape index (κ2) is 6.69. The van der Waals surface area contributed by atoms with Crippen LogP contribution < -0.4 is 4.90 Å². The highest BCUT2D eigenvalue weighted by atomic mass is 16.2. The predicted octanol–water partition coefficient (Wildman–Crippen LogP) is 4.18. The summed E-state index contributed by atoms with van der Waals surface area (Å²) in [5.41, 5.74) is 4.68. The van der Waals surface area contributed by atoms with Crippen molar-refractivity contribution in [3.63, 3.8) is 0 Å². The Kier molecular flexibility index (Phi) is 3.90. The number of rotatable bonds is 2. The van der Waals surface area contributed by atoms with Gasteiger partial charge in [-0.2, -0.15) is 5.26 Å². The number of benzene rings is 2. The molecule has 2 aromatic carbocycles. The number of carbonyl (C=O) groups is 2. The average Bonchev–Trinajstić information content (AvgIpc) is 3.42. The van der Waals surface area contributed by atoms with Crippen LogP contribution in [0, 0.1) is 17.2 Å². The van der Waals surface area contributed by atoms with Crippen LogP contribution in [-0.4, -0.2) is 20.9 Å². The number of anilines is 1. The number of fused-ring (bicyclic) bond motifs is 4. The number of nitriles is 1. The van der Waals surface area contributed by atoms with E-state index in [4.69, 9.17) is 0 Å². The van der Waals surface area contributed by atoms with Gasteiger partial charge in [0.1, 0.15) is 0 Å². The van der Waals surface area contributed by atoms with Crippen molar-refractivity contribution in [2.45, 2.75) is 19.4 Å². The molecule has 0 saturated carbocycles. The average molecular weight is 420 g/mol. The van der Waals surface area contributed by atoms with Gasteiger partial charge in [-0.25, -0.2) is 4.90 Å². The maximum Gasteiger partial charge on any atom is 0.266 e. The smallest absolute Gasteiger partial charge is 0.266 e. The molecule has 0 radical (unpaired) electrons. The molecule has 0 N–H and O–H groups in total. The number of para-hydroxylation sites is 2. The quantitative estimate of drug-likeness (QED) is 0.457. The van der Waals surface area contributed by atoms with Gasteiger partial charge in [0.15, 0.2) is 0 Å². The van der Waals surface area contributed by atoms with E-state index in [1.165, 1.54) is 11.0 Å². The monoisotopic (exact) mass is 420 g/mol. The first-order valence-corrected chi connectivity index (χ1v) is 10.7. The van der Waals surface area contributed by atoms with Crippen molar-refractivity contribution in [1.29, 1.82) is 5.26 Å². The summed E-state index contributed by atoms with van der Waals surface area (Å²) in [4.78, 5) is 28.3. The molecular formula is C26H20N4O2. The van der Waals surface area contributed by atoms with Crippen molar-refractivity contribution in [1.82, 2.24) is 9.13 Å². The van der Waals surface area contributed by atoms with Crippen molar-refractivity contribution >= 4 is 44.9 Å². The molecule has 4 heterocycles. The molecule has 6 nitrogen and oxygen atoms in total. The van der Waals surface area contributed by atoms with Gasteiger partial charge in [0.2, 0.25) is 0 Å². The largest absolute Gasteiger partial charge is 0.350 e. The van der Waals surface area contributed by atoms with Crippen molar-refractivity contribution in [3.05, 3.63) is 72.1 Å². The van der Waals surface area contributed by atoms with E-state index in [-0.39, 0.29) is 17.7 Å². The van der Waals surface area contributed by atoms with Crippen LogP contribution in [-0.2, 0) is 29.6 Å². The lowest BCUT2D eigenvalue weighted by Crippen LogP contribution is -2.32. The maximum atomic E-state index is 13.7. The Bertz CT molecular complexity index is 1530. The minimum absolute atomic E-state index is 0.121. The molecule has 2 amide bonds. The number of aryl methyl sites for hydroxylation is 2. The molecule has 0 aliphatic carbocycles. The van der Waals surface area contributed by atoms with Crippen molar-refractivity contribution in [3.8, 4) is 6.07 Å². The van der Waals surface area contributed by atoms with Crippen LogP contribution in [0.1, 0.15) is 17.7 Å². The van der Waals surface area contributed by atoms with Gasteiger partial charge in [-0.3, -0.25) is 9.59 Å². The lowest BCUT2D eigenvalue weighted by atomic mass is 9.96. The summed E-state index contributed by atoms with van der Waals surface area (Å²) in [5, 5.41) is 11.3. The molecule has 2 aliphatic rings. The van der Waals surface area contributed by atoms with E-state index in [0.29, 0.717) is 24.2 Å². The Balaban J connectivity index is 1.52. The van der Waals surface area contributed by atoms with Crippen molar-refractivity contribution in [2.24, 2.45) is 13.0 Å². The molecule has 0 bridgehead atoms. The van der Waals surface area contributed by atoms with E-state index in [9.17, 15) is 14.9 Å². The van der Waals surface area contributed by atoms with Gasteiger partial charge in [0.05, 0.1) is 28.8 Å². The summed E-state index contributed by atoms with van der Waals surface area (Å²) < 4.78 is 4.13. The Hall–Kier alpha value is -4.11. The van der Waals surface area contributed by atoms with Gasteiger partial charge in [-0.15, -0.1) is 0 Å². The lowest BCUT2D eigenvalue weighted by molar-refractivity contribution is -0.119. The molecule has 156 valence electrons. The van der Waals surface area contributed by atoms with Gasteiger partial charge in [-0.1, -0.05) is 36.4 Å². The fraction of sp³-hybridized carbons (Fsp3) is 0.192. The van der Waals surface area contributed by atoms with Crippen molar-refractivity contribution in [2.75, 3.05) is 4.90 Å². The van der Waals surface area contributed by atoms with Crippen LogP contribution in [0.15, 0.2) is 60.8 Å². The van der Waals surface area contributed by atoms with Gasteiger partial charge >= 0.3 is 0 Å². The van der Waals surface area contributed by atoms with Crippen LogP contribution in [0.5, 0.6) is 0 Å². The summed E-state index contributed by atoms with van der Waals surface area (Å²) in [7, 11) is 1.94. The molecule has 4 aromatic rings. The number of aromatic nitrogens is 2. The highest BCUT2D eigenvalue weighted by Gasteiger charge is 2.39. The van der Waals surface area contributed by atoms with Crippen LogP contribution in [0.25, 0.3) is 27.4 Å². The molecule has 32 heavy (non-hydrogen) atoms. The third-order valence-corrected chi connectivity index (χ3v) is 6.71. The molecule has 0 spiro atoms. The third-order valence-electron chi connectivity index (χ3n) is 6.71. The number of nitrogens with zero attached hydrogens (tertiary/aromatic N) is 4. The molecule has 6 rings (SSSR count). The van der Waals surface area contributed by atoms with Crippen LogP contribution in [0.2, 0.25) is 0 Å². The lowest BCUT2D eigenvalue weighted by Gasteiger charge is -2.23. The van der Waals surface area contributed by atoms with Gasteiger partial charge < -0.3 is 9.13 Å². The van der Waals surface area contributed by atoms with E-state index < -0.39 is 0 Å². The zero-order valence-corrected chi connectivity index (χ0v) is 17.6. The second-order valence-corrected chi connectivity index (χ2v) is 8.49.